The van der Waals surface area contributed by atoms with E-state index < -0.39 is 10.0 Å². The number of hydrogen-bond donors (Lipinski definition) is 2. The average molecular weight is 253 g/mol. The number of hydrogen-bond acceptors (Lipinski definition) is 5. The number of nitrogens with two attached hydrogens (primary N) is 1. The van der Waals surface area contributed by atoms with Gasteiger partial charge in [-0.05, 0) is 30.7 Å². The molecule has 7 heteroatoms. The largest absolute Gasteiger partial charge is 0.399 e. The molecule has 0 radical (unpaired) electrons. The van der Waals surface area contributed by atoms with Crippen LogP contribution >= 0.6 is 0 Å². The number of benzene rings is 1. The van der Waals surface area contributed by atoms with Crippen LogP contribution in [0.1, 0.15) is 5.56 Å². The number of aryl methyl sites for hydroxylation is 1. The average Bonchev–Trinajstić information content (AvgIpc) is 2.68. The maximum Gasteiger partial charge on any atom is 0.263 e. The monoisotopic (exact) mass is 253 g/mol. The molecule has 1 heterocycles. The Labute approximate surface area is 98.5 Å². The fourth-order valence-electron chi connectivity index (χ4n) is 1.43. The quantitative estimate of drug-likeness (QED) is 0.805. The predicted molar refractivity (Wildman–Crippen MR) is 62.9 cm³/mol. The first kappa shape index (κ1) is 11.5. The third-order valence-corrected chi connectivity index (χ3v) is 3.68. The SMILES string of the molecule is Cc1cc(N)ccc1S(=O)(=O)Nc1ccon1. The van der Waals surface area contributed by atoms with Crippen molar-refractivity contribution in [2.75, 3.05) is 10.5 Å². The second kappa shape index (κ2) is 4.10. The maximum absolute atomic E-state index is 12.0. The summed E-state index contributed by atoms with van der Waals surface area (Å²) in [6.45, 7) is 1.67. The van der Waals surface area contributed by atoms with Gasteiger partial charge in [-0.2, -0.15) is 0 Å². The Morgan fingerprint density at radius 1 is 1.35 bits per heavy atom. The van der Waals surface area contributed by atoms with E-state index >= 15 is 0 Å². The highest BCUT2D eigenvalue weighted by atomic mass is 32.2. The van der Waals surface area contributed by atoms with Gasteiger partial charge in [-0.3, -0.25) is 4.72 Å². The Morgan fingerprint density at radius 3 is 2.71 bits per heavy atom. The number of rotatable bonds is 3. The van der Waals surface area contributed by atoms with E-state index in [0.717, 1.165) is 0 Å². The van der Waals surface area contributed by atoms with Gasteiger partial charge in [0.25, 0.3) is 10.0 Å². The topological polar surface area (TPSA) is 98.2 Å². The van der Waals surface area contributed by atoms with E-state index in [9.17, 15) is 8.42 Å². The first-order valence-electron chi connectivity index (χ1n) is 4.78. The van der Waals surface area contributed by atoms with Gasteiger partial charge in [-0.25, -0.2) is 8.42 Å². The number of anilines is 2. The molecule has 17 heavy (non-hydrogen) atoms. The van der Waals surface area contributed by atoms with E-state index in [-0.39, 0.29) is 10.7 Å². The molecule has 0 aliphatic carbocycles. The Morgan fingerprint density at radius 2 is 2.12 bits per heavy atom. The molecule has 0 aliphatic rings. The molecule has 3 N–H and O–H groups in total. The van der Waals surface area contributed by atoms with Gasteiger partial charge >= 0.3 is 0 Å². The molecule has 0 aliphatic heterocycles. The number of sulfonamides is 1. The van der Waals surface area contributed by atoms with Crippen LogP contribution in [0, 0.1) is 6.92 Å². The second-order valence-electron chi connectivity index (χ2n) is 3.52. The highest BCUT2D eigenvalue weighted by Crippen LogP contribution is 2.20. The molecule has 0 atom stereocenters. The summed E-state index contributed by atoms with van der Waals surface area (Å²) in [6, 6.07) is 6.00. The molecular weight excluding hydrogens is 242 g/mol. The van der Waals surface area contributed by atoms with E-state index in [0.29, 0.717) is 11.3 Å². The van der Waals surface area contributed by atoms with E-state index in [4.69, 9.17) is 5.73 Å². The van der Waals surface area contributed by atoms with Crippen LogP contribution < -0.4 is 10.5 Å². The van der Waals surface area contributed by atoms with Gasteiger partial charge < -0.3 is 10.3 Å². The van der Waals surface area contributed by atoms with Crippen LogP contribution in [0.3, 0.4) is 0 Å². The van der Waals surface area contributed by atoms with Gasteiger partial charge in [0, 0.05) is 11.8 Å². The zero-order chi connectivity index (χ0) is 12.5. The predicted octanol–water partition coefficient (Wildman–Crippen LogP) is 1.37. The number of nitrogens with zero attached hydrogens (tertiary/aromatic N) is 1. The van der Waals surface area contributed by atoms with Crippen molar-refractivity contribution in [3.63, 3.8) is 0 Å². The molecule has 0 bridgehead atoms. The van der Waals surface area contributed by atoms with Crippen molar-refractivity contribution in [3.8, 4) is 0 Å². The van der Waals surface area contributed by atoms with Gasteiger partial charge in [0.15, 0.2) is 5.82 Å². The standard InChI is InChI=1S/C10H11N3O3S/c1-7-6-8(11)2-3-9(7)17(14,15)13-10-4-5-16-12-10/h2-6H,11H2,1H3,(H,12,13). The van der Waals surface area contributed by atoms with Crippen LogP contribution in [0.15, 0.2) is 39.9 Å². The summed E-state index contributed by atoms with van der Waals surface area (Å²) in [4.78, 5) is 0.162. The van der Waals surface area contributed by atoms with Crippen molar-refractivity contribution in [1.82, 2.24) is 5.16 Å². The summed E-state index contributed by atoms with van der Waals surface area (Å²) in [5.74, 6) is 0.140. The van der Waals surface area contributed by atoms with Gasteiger partial charge in [-0.15, -0.1) is 0 Å². The molecule has 0 unspecified atom stereocenters. The molecule has 0 saturated heterocycles. The fraction of sp³-hybridized carbons (Fsp3) is 0.100. The van der Waals surface area contributed by atoms with Gasteiger partial charge in [0.05, 0.1) is 4.90 Å². The summed E-state index contributed by atoms with van der Waals surface area (Å²) in [5.41, 5.74) is 6.65. The van der Waals surface area contributed by atoms with Crippen LogP contribution in [0.2, 0.25) is 0 Å². The Balaban J connectivity index is 2.38. The minimum atomic E-state index is -3.66. The molecule has 1 aromatic heterocycles. The lowest BCUT2D eigenvalue weighted by atomic mass is 10.2. The third-order valence-electron chi connectivity index (χ3n) is 2.17. The van der Waals surface area contributed by atoms with E-state index in [2.05, 4.69) is 14.4 Å². The normalized spacial score (nSPS) is 11.4. The van der Waals surface area contributed by atoms with Crippen LogP contribution in [0.25, 0.3) is 0 Å². The Hall–Kier alpha value is -2.02. The third kappa shape index (κ3) is 2.39. The van der Waals surface area contributed by atoms with E-state index in [1.807, 2.05) is 0 Å². The summed E-state index contributed by atoms with van der Waals surface area (Å²) in [6.07, 6.45) is 1.29. The number of aromatic nitrogens is 1. The molecule has 0 amide bonds. The van der Waals surface area contributed by atoms with Crippen LogP contribution in [0.5, 0.6) is 0 Å². The summed E-state index contributed by atoms with van der Waals surface area (Å²) in [7, 11) is -3.66. The molecule has 90 valence electrons. The molecular formula is C10H11N3O3S. The lowest BCUT2D eigenvalue weighted by molar-refractivity contribution is 0.423. The molecule has 2 aromatic rings. The van der Waals surface area contributed by atoms with Gasteiger partial charge in [0.1, 0.15) is 6.26 Å². The second-order valence-corrected chi connectivity index (χ2v) is 5.17. The minimum Gasteiger partial charge on any atom is -0.399 e. The van der Waals surface area contributed by atoms with Crippen molar-refractivity contribution in [3.05, 3.63) is 36.1 Å². The van der Waals surface area contributed by atoms with Crippen molar-refractivity contribution in [2.45, 2.75) is 11.8 Å². The fourth-order valence-corrected chi connectivity index (χ4v) is 2.65. The van der Waals surface area contributed by atoms with Gasteiger partial charge in [0.2, 0.25) is 0 Å². The lowest BCUT2D eigenvalue weighted by Crippen LogP contribution is -2.14. The summed E-state index contributed by atoms with van der Waals surface area (Å²) < 4.78 is 30.8. The van der Waals surface area contributed by atoms with Crippen molar-refractivity contribution in [1.29, 1.82) is 0 Å². The van der Waals surface area contributed by atoms with Crippen molar-refractivity contribution < 1.29 is 12.9 Å². The molecule has 0 fully saturated rings. The van der Waals surface area contributed by atoms with Crippen LogP contribution in [-0.2, 0) is 10.0 Å². The number of nitrogen functional groups attached to an aromatic ring is 1. The van der Waals surface area contributed by atoms with Crippen LogP contribution in [0.4, 0.5) is 11.5 Å². The Kier molecular flexibility index (Phi) is 2.76. The van der Waals surface area contributed by atoms with Gasteiger partial charge in [-0.1, -0.05) is 5.16 Å². The molecule has 6 nitrogen and oxygen atoms in total. The summed E-state index contributed by atoms with van der Waals surface area (Å²) >= 11 is 0. The molecule has 1 aromatic carbocycles. The highest BCUT2D eigenvalue weighted by Gasteiger charge is 2.17. The first-order valence-corrected chi connectivity index (χ1v) is 6.27. The van der Waals surface area contributed by atoms with Crippen molar-refractivity contribution >= 4 is 21.5 Å². The van der Waals surface area contributed by atoms with E-state index in [1.165, 1.54) is 24.5 Å². The maximum atomic E-state index is 12.0. The van der Waals surface area contributed by atoms with Crippen LogP contribution in [-0.4, -0.2) is 13.6 Å². The zero-order valence-electron chi connectivity index (χ0n) is 9.04. The smallest absolute Gasteiger partial charge is 0.263 e. The molecule has 0 spiro atoms. The molecule has 2 rings (SSSR count). The van der Waals surface area contributed by atoms with E-state index in [1.54, 1.807) is 13.0 Å². The molecule has 0 saturated carbocycles. The lowest BCUT2D eigenvalue weighted by Gasteiger charge is -2.08. The Bertz CT molecular complexity index is 620. The van der Waals surface area contributed by atoms with Crippen molar-refractivity contribution in [2.24, 2.45) is 0 Å². The summed E-state index contributed by atoms with van der Waals surface area (Å²) in [5, 5.41) is 3.48. The minimum absolute atomic E-state index is 0.140. The zero-order valence-corrected chi connectivity index (χ0v) is 9.86. The highest BCUT2D eigenvalue weighted by molar-refractivity contribution is 7.92. The number of nitrogens with one attached hydrogen (secondary N) is 1. The first-order chi connectivity index (χ1) is 7.99.